The van der Waals surface area contributed by atoms with Crippen LogP contribution in [0, 0.1) is 5.41 Å². The van der Waals surface area contributed by atoms with Crippen molar-refractivity contribution in [2.45, 2.75) is 32.9 Å². The minimum atomic E-state index is -2.15. The number of carbonyl (C=O) groups excluding carboxylic acids is 1. The maximum absolute atomic E-state index is 13.9. The highest BCUT2D eigenvalue weighted by Crippen LogP contribution is 2.62. The lowest BCUT2D eigenvalue weighted by Gasteiger charge is -2.32. The highest BCUT2D eigenvalue weighted by molar-refractivity contribution is 7.96. The summed E-state index contributed by atoms with van der Waals surface area (Å²) in [6.07, 6.45) is 0.904. The van der Waals surface area contributed by atoms with Gasteiger partial charge in [-0.05, 0) is 41.8 Å². The van der Waals surface area contributed by atoms with Gasteiger partial charge in [0.15, 0.2) is 5.66 Å². The molecule has 0 aliphatic carbocycles. The first-order valence-electron chi connectivity index (χ1n) is 10.8. The predicted molar refractivity (Wildman–Crippen MR) is 130 cm³/mol. The second-order valence-corrected chi connectivity index (χ2v) is 13.0. The Hall–Kier alpha value is -2.44. The maximum Gasteiger partial charge on any atom is 0.264 e. The van der Waals surface area contributed by atoms with E-state index in [1.165, 1.54) is 15.9 Å². The van der Waals surface area contributed by atoms with Gasteiger partial charge in [-0.25, -0.2) is 0 Å². The Kier molecular flexibility index (Phi) is 5.80. The molecule has 3 heteroatoms. The molecule has 0 spiro atoms. The van der Waals surface area contributed by atoms with Crippen molar-refractivity contribution in [3.05, 3.63) is 91.0 Å². The molecule has 1 aliphatic rings. The fourth-order valence-corrected chi connectivity index (χ4v) is 9.69. The van der Waals surface area contributed by atoms with Crippen LogP contribution in [0.1, 0.15) is 27.2 Å². The minimum Gasteiger partial charge on any atom is -0.339 e. The summed E-state index contributed by atoms with van der Waals surface area (Å²) in [7, 11) is -2.15. The number of rotatable bonds is 5. The van der Waals surface area contributed by atoms with Crippen LogP contribution in [0.15, 0.2) is 91.0 Å². The second kappa shape index (κ2) is 8.36. The van der Waals surface area contributed by atoms with Gasteiger partial charge < -0.3 is 4.90 Å². The highest BCUT2D eigenvalue weighted by atomic mass is 31.2. The summed E-state index contributed by atoms with van der Waals surface area (Å²) in [5, 5.41) is 3.87. The number of nitrogens with zero attached hydrogens (tertiary/aromatic N) is 1. The molecule has 1 fully saturated rings. The summed E-state index contributed by atoms with van der Waals surface area (Å²) >= 11 is 0. The van der Waals surface area contributed by atoms with Gasteiger partial charge in [0.2, 0.25) is 0 Å². The second-order valence-electron chi connectivity index (χ2n) is 9.35. The van der Waals surface area contributed by atoms with Crippen LogP contribution in [0.2, 0.25) is 0 Å². The Bertz CT molecular complexity index is 883. The van der Waals surface area contributed by atoms with Crippen LogP contribution in [-0.2, 0) is 4.79 Å². The van der Waals surface area contributed by atoms with E-state index in [4.69, 9.17) is 0 Å². The van der Waals surface area contributed by atoms with Crippen molar-refractivity contribution in [1.82, 2.24) is 4.90 Å². The zero-order chi connectivity index (χ0) is 21.2. The van der Waals surface area contributed by atoms with Crippen molar-refractivity contribution in [3.63, 3.8) is 0 Å². The Morgan fingerprint density at radius 2 is 1.17 bits per heavy atom. The fraction of sp³-hybridized carbons (Fsp3) is 0.296. The number of carbonyl (C=O) groups is 1. The normalized spacial score (nSPS) is 17.4. The van der Waals surface area contributed by atoms with E-state index in [0.717, 1.165) is 19.5 Å². The summed E-state index contributed by atoms with van der Waals surface area (Å²) in [4.78, 5) is 16.0. The molecule has 1 amide bonds. The first-order valence-corrected chi connectivity index (χ1v) is 12.6. The van der Waals surface area contributed by atoms with E-state index in [1.54, 1.807) is 0 Å². The lowest BCUT2D eigenvalue weighted by atomic mass is 9.96. The van der Waals surface area contributed by atoms with Crippen LogP contribution in [-0.4, -0.2) is 29.6 Å². The summed E-state index contributed by atoms with van der Waals surface area (Å²) < 4.78 is 0. The fourth-order valence-electron chi connectivity index (χ4n) is 4.79. The predicted octanol–water partition coefficient (Wildman–Crippen LogP) is 4.63. The van der Waals surface area contributed by atoms with E-state index in [0.29, 0.717) is 5.91 Å². The SMILES string of the molecule is CC(C)(C)CN1CCC([P+](c2ccccc2)(c2ccccc2)c2ccccc2)C1=O. The van der Waals surface area contributed by atoms with E-state index in [-0.39, 0.29) is 11.1 Å². The molecule has 154 valence electrons. The third-order valence-electron chi connectivity index (χ3n) is 5.89. The van der Waals surface area contributed by atoms with Gasteiger partial charge in [0.25, 0.3) is 5.91 Å². The lowest BCUT2D eigenvalue weighted by Crippen LogP contribution is -2.44. The van der Waals surface area contributed by atoms with Crippen LogP contribution < -0.4 is 15.9 Å². The Labute approximate surface area is 181 Å². The number of hydrogen-bond acceptors (Lipinski definition) is 1. The minimum absolute atomic E-state index is 0.0212. The van der Waals surface area contributed by atoms with E-state index < -0.39 is 7.26 Å². The first kappa shape index (κ1) is 20.8. The zero-order valence-corrected chi connectivity index (χ0v) is 19.1. The van der Waals surface area contributed by atoms with Gasteiger partial charge >= 0.3 is 0 Å². The molecule has 1 aliphatic heterocycles. The molecule has 2 nitrogen and oxygen atoms in total. The number of hydrogen-bond donors (Lipinski definition) is 0. The van der Waals surface area contributed by atoms with Crippen LogP contribution in [0.4, 0.5) is 0 Å². The average molecular weight is 417 g/mol. The molecular formula is C27H31NOP+. The van der Waals surface area contributed by atoms with E-state index in [1.807, 2.05) is 0 Å². The summed E-state index contributed by atoms with van der Waals surface area (Å²) in [5.41, 5.74) is 0.0739. The Morgan fingerprint density at radius 3 is 1.53 bits per heavy atom. The lowest BCUT2D eigenvalue weighted by molar-refractivity contribution is -0.128. The molecule has 0 bridgehead atoms. The highest BCUT2D eigenvalue weighted by Gasteiger charge is 2.58. The standard InChI is InChI=1S/C27H31NOP/c1-27(2,3)21-28-20-19-25(26(28)29)30(22-13-7-4-8-14-22,23-15-9-5-10-16-23)24-17-11-6-12-18-24/h4-18,25H,19-21H2,1-3H3/q+1. The van der Waals surface area contributed by atoms with Gasteiger partial charge in [-0.1, -0.05) is 75.4 Å². The van der Waals surface area contributed by atoms with Crippen LogP contribution >= 0.6 is 7.26 Å². The van der Waals surface area contributed by atoms with Gasteiger partial charge in [-0.3, -0.25) is 4.79 Å². The molecule has 4 rings (SSSR count). The molecule has 3 aromatic rings. The van der Waals surface area contributed by atoms with Crippen molar-refractivity contribution in [1.29, 1.82) is 0 Å². The quantitative estimate of drug-likeness (QED) is 0.556. The third kappa shape index (κ3) is 3.82. The molecular weight excluding hydrogens is 385 g/mol. The summed E-state index contributed by atoms with van der Waals surface area (Å²) in [6.45, 7) is 8.28. The van der Waals surface area contributed by atoms with Gasteiger partial charge in [0.1, 0.15) is 23.2 Å². The van der Waals surface area contributed by atoms with Crippen molar-refractivity contribution in [3.8, 4) is 0 Å². The topological polar surface area (TPSA) is 20.3 Å². The molecule has 1 atom stereocenters. The Morgan fingerprint density at radius 1 is 0.767 bits per heavy atom. The third-order valence-corrected chi connectivity index (χ3v) is 10.6. The largest absolute Gasteiger partial charge is 0.339 e. The van der Waals surface area contributed by atoms with E-state index in [2.05, 4.69) is 117 Å². The number of likely N-dealkylation sites (tertiary alicyclic amines) is 1. The average Bonchev–Trinajstić information content (AvgIpc) is 3.10. The van der Waals surface area contributed by atoms with Gasteiger partial charge in [-0.2, -0.15) is 0 Å². The van der Waals surface area contributed by atoms with E-state index >= 15 is 0 Å². The van der Waals surface area contributed by atoms with Crippen LogP contribution in [0.3, 0.4) is 0 Å². The summed E-state index contributed by atoms with van der Waals surface area (Å²) in [6, 6.07) is 32.3. The van der Waals surface area contributed by atoms with Crippen LogP contribution in [0.25, 0.3) is 0 Å². The first-order chi connectivity index (χ1) is 14.4. The molecule has 0 aromatic heterocycles. The van der Waals surface area contributed by atoms with Crippen molar-refractivity contribution >= 4 is 29.1 Å². The smallest absolute Gasteiger partial charge is 0.264 e. The molecule has 1 unspecified atom stereocenters. The molecule has 0 saturated carbocycles. The molecule has 1 saturated heterocycles. The molecule has 30 heavy (non-hydrogen) atoms. The molecule has 1 heterocycles. The monoisotopic (exact) mass is 416 g/mol. The van der Waals surface area contributed by atoms with Crippen molar-refractivity contribution < 1.29 is 4.79 Å². The molecule has 0 N–H and O–H groups in total. The molecule has 0 radical (unpaired) electrons. The van der Waals surface area contributed by atoms with Gasteiger partial charge in [0, 0.05) is 19.5 Å². The van der Waals surface area contributed by atoms with Gasteiger partial charge in [-0.15, -0.1) is 0 Å². The van der Waals surface area contributed by atoms with Crippen LogP contribution in [0.5, 0.6) is 0 Å². The number of amides is 1. The van der Waals surface area contributed by atoms with E-state index in [9.17, 15) is 4.79 Å². The maximum atomic E-state index is 13.9. The van der Waals surface area contributed by atoms with Crippen molar-refractivity contribution in [2.24, 2.45) is 5.41 Å². The number of benzene rings is 3. The van der Waals surface area contributed by atoms with Gasteiger partial charge in [0.05, 0.1) is 0 Å². The zero-order valence-electron chi connectivity index (χ0n) is 18.2. The summed E-state index contributed by atoms with van der Waals surface area (Å²) in [5.74, 6) is 0.315. The Balaban J connectivity index is 1.94. The van der Waals surface area contributed by atoms with Crippen molar-refractivity contribution in [2.75, 3.05) is 13.1 Å². The molecule has 3 aromatic carbocycles.